The van der Waals surface area contributed by atoms with E-state index >= 15 is 0 Å². The second kappa shape index (κ2) is 5.65. The van der Waals surface area contributed by atoms with E-state index in [1.54, 1.807) is 41.5 Å². The van der Waals surface area contributed by atoms with Gasteiger partial charge in [-0.1, -0.05) is 4.48 Å². The molecule has 1 aliphatic heterocycles. The number of hydrogen-bond donors (Lipinski definition) is 1. The standard InChI is InChI=1S/C14H25N2O5/c1-13(2,3)20-11(17)16(7-8-19-10(16)9-15)12(18)21-14(4,5)6/h7-8,10H,9,15H2,1-6H3/q+1. The highest BCUT2D eigenvalue weighted by atomic mass is 16.6. The average molecular weight is 301 g/mol. The van der Waals surface area contributed by atoms with Crippen molar-refractivity contribution in [3.63, 3.8) is 0 Å². The van der Waals surface area contributed by atoms with Crippen molar-refractivity contribution in [1.82, 2.24) is 0 Å². The van der Waals surface area contributed by atoms with Crippen molar-refractivity contribution in [1.29, 1.82) is 0 Å². The molecule has 1 atom stereocenters. The zero-order valence-electron chi connectivity index (χ0n) is 13.5. The summed E-state index contributed by atoms with van der Waals surface area (Å²) >= 11 is 0. The predicted octanol–water partition coefficient (Wildman–Crippen LogP) is 2.46. The molecule has 7 heteroatoms. The quantitative estimate of drug-likeness (QED) is 0.748. The van der Waals surface area contributed by atoms with Crippen LogP contribution in [0.2, 0.25) is 0 Å². The van der Waals surface area contributed by atoms with Crippen LogP contribution in [0.25, 0.3) is 0 Å². The Bertz CT molecular complexity index is 417. The molecule has 0 bridgehead atoms. The number of amides is 2. The first-order valence-corrected chi connectivity index (χ1v) is 6.81. The summed E-state index contributed by atoms with van der Waals surface area (Å²) in [7, 11) is 0. The molecule has 0 aromatic rings. The summed E-state index contributed by atoms with van der Waals surface area (Å²) in [5.41, 5.74) is 4.12. The number of hydrogen-bond acceptors (Lipinski definition) is 6. The first-order valence-electron chi connectivity index (χ1n) is 6.81. The lowest BCUT2D eigenvalue weighted by Gasteiger charge is -2.32. The molecule has 0 spiro atoms. The van der Waals surface area contributed by atoms with Crippen molar-refractivity contribution in [2.24, 2.45) is 5.73 Å². The molecule has 1 aliphatic rings. The lowest BCUT2D eigenvalue weighted by Crippen LogP contribution is -2.62. The van der Waals surface area contributed by atoms with Gasteiger partial charge in [-0.25, -0.2) is 0 Å². The van der Waals surface area contributed by atoms with E-state index in [2.05, 4.69) is 0 Å². The monoisotopic (exact) mass is 301 g/mol. The first-order chi connectivity index (χ1) is 9.42. The topological polar surface area (TPSA) is 87.9 Å². The summed E-state index contributed by atoms with van der Waals surface area (Å²) in [6.45, 7) is 10.3. The number of nitrogens with two attached hydrogens (primary N) is 1. The first kappa shape index (κ1) is 17.5. The van der Waals surface area contributed by atoms with Crippen molar-refractivity contribution < 1.29 is 28.3 Å². The third-order valence-electron chi connectivity index (χ3n) is 2.58. The van der Waals surface area contributed by atoms with Gasteiger partial charge in [-0.15, -0.1) is 0 Å². The van der Waals surface area contributed by atoms with Gasteiger partial charge < -0.3 is 19.9 Å². The number of rotatable bonds is 1. The molecule has 0 saturated heterocycles. The molecular weight excluding hydrogens is 276 g/mol. The molecule has 1 unspecified atom stereocenters. The van der Waals surface area contributed by atoms with E-state index in [9.17, 15) is 9.59 Å². The number of carbonyl (C=O) groups is 2. The van der Waals surface area contributed by atoms with Gasteiger partial charge in [0.15, 0.2) is 6.20 Å². The molecule has 0 fully saturated rings. The van der Waals surface area contributed by atoms with Crippen molar-refractivity contribution in [2.45, 2.75) is 59.0 Å². The predicted molar refractivity (Wildman–Crippen MR) is 75.8 cm³/mol. The summed E-state index contributed by atoms with van der Waals surface area (Å²) in [6, 6.07) is 0. The number of quaternary nitrogens is 1. The van der Waals surface area contributed by atoms with Crippen LogP contribution in [0.1, 0.15) is 41.5 Å². The minimum Gasteiger partial charge on any atom is -0.442 e. The Kier molecular flexibility index (Phi) is 4.70. The van der Waals surface area contributed by atoms with Gasteiger partial charge in [0.1, 0.15) is 17.5 Å². The number of imide groups is 1. The zero-order chi connectivity index (χ0) is 16.5. The van der Waals surface area contributed by atoms with Gasteiger partial charge in [-0.05, 0) is 41.5 Å². The van der Waals surface area contributed by atoms with E-state index in [0.29, 0.717) is 0 Å². The van der Waals surface area contributed by atoms with E-state index in [1.807, 2.05) is 0 Å². The average Bonchev–Trinajstić information content (AvgIpc) is 2.68. The Morgan fingerprint density at radius 1 is 1.10 bits per heavy atom. The molecule has 0 aromatic carbocycles. The molecular formula is C14H25N2O5+. The minimum atomic E-state index is -0.894. The Morgan fingerprint density at radius 3 is 1.86 bits per heavy atom. The van der Waals surface area contributed by atoms with Crippen LogP contribution >= 0.6 is 0 Å². The molecule has 0 aliphatic carbocycles. The lowest BCUT2D eigenvalue weighted by atomic mass is 10.2. The van der Waals surface area contributed by atoms with Crippen LogP contribution in [0.15, 0.2) is 12.5 Å². The van der Waals surface area contributed by atoms with Crippen LogP contribution in [0.4, 0.5) is 9.59 Å². The normalized spacial score (nSPS) is 20.8. The molecule has 0 aromatic heterocycles. The molecule has 21 heavy (non-hydrogen) atoms. The Morgan fingerprint density at radius 2 is 1.52 bits per heavy atom. The van der Waals surface area contributed by atoms with Gasteiger partial charge in [-0.2, -0.15) is 9.59 Å². The fraction of sp³-hybridized carbons (Fsp3) is 0.714. The molecule has 120 valence electrons. The van der Waals surface area contributed by atoms with Crippen LogP contribution in [-0.4, -0.2) is 40.6 Å². The van der Waals surface area contributed by atoms with Gasteiger partial charge in [-0.3, -0.25) is 0 Å². The lowest BCUT2D eigenvalue weighted by molar-refractivity contribution is -0.776. The van der Waals surface area contributed by atoms with Crippen LogP contribution in [0, 0.1) is 0 Å². The zero-order valence-corrected chi connectivity index (χ0v) is 13.5. The highest BCUT2D eigenvalue weighted by molar-refractivity contribution is 5.78. The summed E-state index contributed by atoms with van der Waals surface area (Å²) in [5.74, 6) is 0. The maximum atomic E-state index is 12.5. The van der Waals surface area contributed by atoms with E-state index in [0.717, 1.165) is 0 Å². The van der Waals surface area contributed by atoms with Crippen LogP contribution < -0.4 is 5.73 Å². The van der Waals surface area contributed by atoms with E-state index < -0.39 is 34.1 Å². The summed E-state index contributed by atoms with van der Waals surface area (Å²) < 4.78 is 15.1. The second-order valence-corrected chi connectivity index (χ2v) is 6.85. The molecule has 7 nitrogen and oxygen atoms in total. The summed E-state index contributed by atoms with van der Waals surface area (Å²) in [4.78, 5) is 25.1. The Balaban J connectivity index is 3.16. The smallest absolute Gasteiger partial charge is 0.442 e. The van der Waals surface area contributed by atoms with Crippen molar-refractivity contribution in [2.75, 3.05) is 6.54 Å². The van der Waals surface area contributed by atoms with Gasteiger partial charge in [0.2, 0.25) is 0 Å². The van der Waals surface area contributed by atoms with Crippen molar-refractivity contribution in [3.8, 4) is 0 Å². The Hall–Kier alpha value is -1.60. The third kappa shape index (κ3) is 3.95. The molecule has 1 heterocycles. The summed E-state index contributed by atoms with van der Waals surface area (Å²) in [6.07, 6.45) is 0.127. The second-order valence-electron chi connectivity index (χ2n) is 6.85. The van der Waals surface area contributed by atoms with Gasteiger partial charge in [0, 0.05) is 0 Å². The molecule has 1 rings (SSSR count). The molecule has 2 N–H and O–H groups in total. The summed E-state index contributed by atoms with van der Waals surface area (Å²) in [5, 5.41) is 0. The third-order valence-corrected chi connectivity index (χ3v) is 2.58. The maximum Gasteiger partial charge on any atom is 0.535 e. The SMILES string of the molecule is CC(C)(C)OC(=O)[N+]1(C(=O)OC(C)(C)C)C=COC1CN. The van der Waals surface area contributed by atoms with Crippen molar-refractivity contribution in [3.05, 3.63) is 12.5 Å². The Labute approximate surface area is 125 Å². The number of ether oxygens (including phenoxy) is 3. The molecule has 0 saturated carbocycles. The minimum absolute atomic E-state index is 0.0362. The largest absolute Gasteiger partial charge is 0.535 e. The van der Waals surface area contributed by atoms with Crippen LogP contribution in [-0.2, 0) is 14.2 Å². The van der Waals surface area contributed by atoms with E-state index in [4.69, 9.17) is 19.9 Å². The van der Waals surface area contributed by atoms with Crippen molar-refractivity contribution >= 4 is 12.2 Å². The molecule has 0 radical (unpaired) electrons. The van der Waals surface area contributed by atoms with Gasteiger partial charge >= 0.3 is 12.2 Å². The fourth-order valence-corrected chi connectivity index (χ4v) is 1.74. The van der Waals surface area contributed by atoms with Gasteiger partial charge in [0.25, 0.3) is 6.23 Å². The highest BCUT2D eigenvalue weighted by Crippen LogP contribution is 2.29. The number of nitrogens with zero attached hydrogens (tertiary/aromatic N) is 1. The van der Waals surface area contributed by atoms with E-state index in [-0.39, 0.29) is 6.54 Å². The van der Waals surface area contributed by atoms with Crippen LogP contribution in [0.3, 0.4) is 0 Å². The van der Waals surface area contributed by atoms with Gasteiger partial charge in [0.05, 0.1) is 6.54 Å². The number of carbonyl (C=O) groups excluding carboxylic acids is 2. The molecule has 2 amide bonds. The highest BCUT2D eigenvalue weighted by Gasteiger charge is 2.59. The fourth-order valence-electron chi connectivity index (χ4n) is 1.74. The maximum absolute atomic E-state index is 12.5. The van der Waals surface area contributed by atoms with Crippen LogP contribution in [0.5, 0.6) is 0 Å². The van der Waals surface area contributed by atoms with E-state index in [1.165, 1.54) is 12.5 Å².